The van der Waals surface area contributed by atoms with Crippen molar-refractivity contribution in [2.75, 3.05) is 27.4 Å². The third-order valence-corrected chi connectivity index (χ3v) is 7.39. The molecule has 1 aliphatic heterocycles. The number of halogens is 1. The Bertz CT molecular complexity index is 1560. The third kappa shape index (κ3) is 8.79. The molecule has 0 fully saturated rings. The summed E-state index contributed by atoms with van der Waals surface area (Å²) in [6.45, 7) is 4.03. The number of aliphatic hydroxyl groups excluding tert-OH is 1. The van der Waals surface area contributed by atoms with Gasteiger partial charge in [0.15, 0.2) is 29.2 Å². The van der Waals surface area contributed by atoms with Gasteiger partial charge in [-0.2, -0.15) is 5.10 Å². The topological polar surface area (TPSA) is 149 Å². The monoisotopic (exact) mass is 730 g/mol. The van der Waals surface area contributed by atoms with E-state index in [0.717, 1.165) is 14.7 Å². The van der Waals surface area contributed by atoms with E-state index in [9.17, 15) is 14.7 Å². The number of aliphatic hydroxyl groups is 1. The molecule has 0 spiro atoms. The number of methoxy groups -OCH3 is 2. The van der Waals surface area contributed by atoms with E-state index in [-0.39, 0.29) is 12.2 Å². The molecule has 0 saturated carbocycles. The van der Waals surface area contributed by atoms with E-state index in [2.05, 4.69) is 43.8 Å². The van der Waals surface area contributed by atoms with Gasteiger partial charge in [0.2, 0.25) is 0 Å². The highest BCUT2D eigenvalue weighted by Gasteiger charge is 2.32. The van der Waals surface area contributed by atoms with E-state index in [4.69, 9.17) is 23.7 Å². The number of nitrogens with one attached hydrogen (secondary N) is 3. The summed E-state index contributed by atoms with van der Waals surface area (Å²) in [5.41, 5.74) is 5.67. The zero-order valence-corrected chi connectivity index (χ0v) is 27.4. The first-order valence-electron chi connectivity index (χ1n) is 14.0. The minimum atomic E-state index is -1.15. The van der Waals surface area contributed by atoms with E-state index >= 15 is 0 Å². The molecule has 45 heavy (non-hydrogen) atoms. The van der Waals surface area contributed by atoms with Crippen LogP contribution in [-0.4, -0.2) is 57.0 Å². The van der Waals surface area contributed by atoms with Gasteiger partial charge in [0, 0.05) is 5.70 Å². The number of urea groups is 1. The standard InChI is InChI=1S/C32H35IN4O8/c1-5-43-25-15-22(29-28(31(39)42-4)19(2)35-32(40)36-29)11-12-24(25)44-18-27(38)37-34-16-21-13-23(33)30(26(14-21)41-3)45-17-20-9-7-6-8-10-20/h6-16,27,29,37-38H,5,17-18H2,1-4H3,(H2,35,36,40)/b34-16-/t27-,29-/m1/s1. The fraction of sp³-hybridized carbons (Fsp3) is 0.281. The van der Waals surface area contributed by atoms with Gasteiger partial charge in [-0.25, -0.2) is 9.59 Å². The number of amides is 2. The Morgan fingerprint density at radius 3 is 2.56 bits per heavy atom. The predicted molar refractivity (Wildman–Crippen MR) is 175 cm³/mol. The molecule has 3 aromatic rings. The van der Waals surface area contributed by atoms with Crippen molar-refractivity contribution in [3.8, 4) is 23.0 Å². The van der Waals surface area contributed by atoms with Gasteiger partial charge < -0.3 is 39.4 Å². The average Bonchev–Trinajstić information content (AvgIpc) is 3.03. The van der Waals surface area contributed by atoms with Crippen LogP contribution in [-0.2, 0) is 16.1 Å². The molecule has 0 unspecified atom stereocenters. The highest BCUT2D eigenvalue weighted by atomic mass is 127. The lowest BCUT2D eigenvalue weighted by molar-refractivity contribution is -0.136. The molecule has 13 heteroatoms. The van der Waals surface area contributed by atoms with Gasteiger partial charge in [0.1, 0.15) is 13.2 Å². The van der Waals surface area contributed by atoms with Crippen LogP contribution < -0.4 is 35.0 Å². The molecule has 0 bridgehead atoms. The number of rotatable bonds is 14. The first-order chi connectivity index (χ1) is 21.7. The Morgan fingerprint density at radius 2 is 1.84 bits per heavy atom. The molecule has 0 radical (unpaired) electrons. The van der Waals surface area contributed by atoms with Crippen LogP contribution in [0.1, 0.15) is 36.6 Å². The van der Waals surface area contributed by atoms with E-state index in [0.29, 0.717) is 47.5 Å². The zero-order valence-electron chi connectivity index (χ0n) is 25.3. The Kier molecular flexibility index (Phi) is 11.9. The normalized spacial score (nSPS) is 15.2. The molecule has 0 aromatic heterocycles. The lowest BCUT2D eigenvalue weighted by atomic mass is 9.95. The Balaban J connectivity index is 1.39. The van der Waals surface area contributed by atoms with E-state index in [1.165, 1.54) is 7.11 Å². The minimum Gasteiger partial charge on any atom is -0.493 e. The molecular weight excluding hydrogens is 695 g/mol. The van der Waals surface area contributed by atoms with Gasteiger partial charge in [-0.05, 0) is 77.4 Å². The van der Waals surface area contributed by atoms with Crippen LogP contribution >= 0.6 is 22.6 Å². The van der Waals surface area contributed by atoms with Crippen LogP contribution in [0.25, 0.3) is 0 Å². The predicted octanol–water partition coefficient (Wildman–Crippen LogP) is 4.40. The summed E-state index contributed by atoms with van der Waals surface area (Å²) in [4.78, 5) is 24.6. The first kappa shape index (κ1) is 33.4. The van der Waals surface area contributed by atoms with Crippen LogP contribution in [0, 0.1) is 3.57 Å². The Morgan fingerprint density at radius 1 is 1.07 bits per heavy atom. The maximum atomic E-state index is 12.5. The van der Waals surface area contributed by atoms with Crippen LogP contribution in [0.5, 0.6) is 23.0 Å². The second-order valence-corrected chi connectivity index (χ2v) is 10.9. The number of hydrogen-bond acceptors (Lipinski definition) is 10. The van der Waals surface area contributed by atoms with Crippen LogP contribution in [0.4, 0.5) is 4.79 Å². The zero-order chi connectivity index (χ0) is 32.3. The number of benzene rings is 3. The fourth-order valence-electron chi connectivity index (χ4n) is 4.50. The molecule has 238 valence electrons. The summed E-state index contributed by atoms with van der Waals surface area (Å²) < 4.78 is 28.9. The van der Waals surface area contributed by atoms with Crippen molar-refractivity contribution in [1.82, 2.24) is 16.1 Å². The largest absolute Gasteiger partial charge is 0.493 e. The number of nitrogens with zero attached hydrogens (tertiary/aromatic N) is 1. The second kappa shape index (κ2) is 16.0. The van der Waals surface area contributed by atoms with Gasteiger partial charge >= 0.3 is 12.0 Å². The first-order valence-corrected chi connectivity index (χ1v) is 15.1. The molecule has 1 aliphatic rings. The molecule has 0 aliphatic carbocycles. The van der Waals surface area contributed by atoms with Crippen LogP contribution in [0.2, 0.25) is 0 Å². The molecule has 2 atom stereocenters. The molecule has 3 aromatic carbocycles. The van der Waals surface area contributed by atoms with E-state index in [1.807, 2.05) is 43.3 Å². The lowest BCUT2D eigenvalue weighted by Crippen LogP contribution is -2.45. The summed E-state index contributed by atoms with van der Waals surface area (Å²) in [5, 5.41) is 20.0. The summed E-state index contributed by atoms with van der Waals surface area (Å²) in [6.07, 6.45) is 0.405. The minimum absolute atomic E-state index is 0.152. The van der Waals surface area contributed by atoms with Crippen molar-refractivity contribution in [3.63, 3.8) is 0 Å². The quantitative estimate of drug-likeness (QED) is 0.0623. The summed E-state index contributed by atoms with van der Waals surface area (Å²) in [7, 11) is 2.85. The van der Waals surface area contributed by atoms with Gasteiger partial charge in [-0.3, -0.25) is 5.43 Å². The maximum Gasteiger partial charge on any atom is 0.337 e. The van der Waals surface area contributed by atoms with Crippen LogP contribution in [0.3, 0.4) is 0 Å². The van der Waals surface area contributed by atoms with Gasteiger partial charge in [-0.1, -0.05) is 36.4 Å². The molecule has 0 saturated heterocycles. The third-order valence-electron chi connectivity index (χ3n) is 6.59. The number of allylic oxidation sites excluding steroid dienone is 1. The number of esters is 1. The Hall–Kier alpha value is -4.50. The number of carbonyl (C=O) groups excluding carboxylic acids is 2. The van der Waals surface area contributed by atoms with Crippen molar-refractivity contribution in [2.24, 2.45) is 5.10 Å². The SMILES string of the molecule is CCOc1cc([C@H]2NC(=O)NC(C)=C2C(=O)OC)ccc1OC[C@@H](O)N/N=C\c1cc(I)c(OCc2ccccc2)c(OC)c1. The molecule has 4 N–H and O–H groups in total. The fourth-order valence-corrected chi connectivity index (χ4v) is 5.29. The number of carbonyl (C=O) groups is 2. The molecule has 12 nitrogen and oxygen atoms in total. The molecule has 2 amide bonds. The second-order valence-electron chi connectivity index (χ2n) is 9.72. The maximum absolute atomic E-state index is 12.5. The van der Waals surface area contributed by atoms with Crippen molar-refractivity contribution in [3.05, 3.63) is 92.2 Å². The van der Waals surface area contributed by atoms with Crippen LogP contribution in [0.15, 0.2) is 77.0 Å². The average molecular weight is 731 g/mol. The van der Waals surface area contributed by atoms with Crippen molar-refractivity contribution < 1.29 is 38.4 Å². The summed E-state index contributed by atoms with van der Waals surface area (Å²) in [5.74, 6) is 1.35. The Labute approximate surface area is 274 Å². The summed E-state index contributed by atoms with van der Waals surface area (Å²) in [6, 6.07) is 17.3. The highest BCUT2D eigenvalue weighted by molar-refractivity contribution is 14.1. The van der Waals surface area contributed by atoms with Gasteiger partial charge in [-0.15, -0.1) is 0 Å². The number of ether oxygens (including phenoxy) is 5. The van der Waals surface area contributed by atoms with E-state index in [1.54, 1.807) is 44.5 Å². The number of hydrazone groups is 1. The lowest BCUT2D eigenvalue weighted by Gasteiger charge is -2.28. The van der Waals surface area contributed by atoms with Gasteiger partial charge in [0.05, 0.1) is 42.2 Å². The highest BCUT2D eigenvalue weighted by Crippen LogP contribution is 2.36. The molecule has 4 rings (SSSR count). The van der Waals surface area contributed by atoms with Crippen molar-refractivity contribution in [2.45, 2.75) is 32.7 Å². The molecular formula is C32H35IN4O8. The summed E-state index contributed by atoms with van der Waals surface area (Å²) >= 11 is 2.18. The number of hydrogen-bond donors (Lipinski definition) is 4. The van der Waals surface area contributed by atoms with Gasteiger partial charge in [0.25, 0.3) is 0 Å². The molecule has 1 heterocycles. The van der Waals surface area contributed by atoms with Crippen molar-refractivity contribution >= 4 is 40.8 Å². The van der Waals surface area contributed by atoms with E-state index < -0.39 is 24.3 Å². The smallest absolute Gasteiger partial charge is 0.337 e. The van der Waals surface area contributed by atoms with Crippen molar-refractivity contribution in [1.29, 1.82) is 0 Å².